The summed E-state index contributed by atoms with van der Waals surface area (Å²) in [6.07, 6.45) is 12.7. The zero-order chi connectivity index (χ0) is 20.4. The van der Waals surface area contributed by atoms with Crippen molar-refractivity contribution in [3.63, 3.8) is 0 Å². The zero-order valence-electron chi connectivity index (χ0n) is 17.6. The van der Waals surface area contributed by atoms with Crippen LogP contribution in [0.4, 0.5) is 0 Å². The van der Waals surface area contributed by atoms with Crippen LogP contribution in [0.15, 0.2) is 15.6 Å². The lowest BCUT2D eigenvalue weighted by Gasteiger charge is -2.39. The number of hydrogen-bond donors (Lipinski definition) is 1. The van der Waals surface area contributed by atoms with Gasteiger partial charge >= 0.3 is 0 Å². The first-order valence-electron chi connectivity index (χ1n) is 11.1. The van der Waals surface area contributed by atoms with Crippen LogP contribution in [0.25, 0.3) is 0 Å². The van der Waals surface area contributed by atoms with Gasteiger partial charge in [0, 0.05) is 31.0 Å². The number of allylic oxidation sites excluding steroid dienone is 1. The van der Waals surface area contributed by atoms with Gasteiger partial charge in [-0.15, -0.1) is 11.8 Å². The molecule has 0 radical (unpaired) electrons. The van der Waals surface area contributed by atoms with Crippen molar-refractivity contribution in [3.8, 4) is 0 Å². The van der Waals surface area contributed by atoms with Gasteiger partial charge in [0.25, 0.3) is 5.91 Å². The van der Waals surface area contributed by atoms with E-state index in [2.05, 4.69) is 16.7 Å². The maximum absolute atomic E-state index is 13.1. The average molecular weight is 420 g/mol. The molecule has 1 N–H and O–H groups in total. The summed E-state index contributed by atoms with van der Waals surface area (Å²) in [5.74, 6) is 0.606. The molecule has 0 spiro atoms. The Labute approximate surface area is 177 Å². The number of hydrogen-bond acceptors (Lipinski definition) is 5. The molecule has 4 aliphatic rings. The molecule has 160 valence electrons. The number of thioether (sulfide) groups is 1. The molecule has 1 unspecified atom stereocenters. The fourth-order valence-electron chi connectivity index (χ4n) is 4.92. The van der Waals surface area contributed by atoms with E-state index in [9.17, 15) is 9.59 Å². The molecular formula is C22H33N3O3S. The van der Waals surface area contributed by atoms with Gasteiger partial charge in [0.1, 0.15) is 0 Å². The van der Waals surface area contributed by atoms with E-state index in [1.54, 1.807) is 11.8 Å². The summed E-state index contributed by atoms with van der Waals surface area (Å²) in [6.45, 7) is 0. The van der Waals surface area contributed by atoms with Crippen molar-refractivity contribution in [3.05, 3.63) is 10.5 Å². The minimum absolute atomic E-state index is 0.00256. The van der Waals surface area contributed by atoms with Gasteiger partial charge in [0.2, 0.25) is 12.0 Å². The normalized spacial score (nSPS) is 29.9. The van der Waals surface area contributed by atoms with Crippen molar-refractivity contribution in [2.45, 2.75) is 88.8 Å². The van der Waals surface area contributed by atoms with Crippen LogP contribution >= 0.6 is 11.8 Å². The predicted molar refractivity (Wildman–Crippen MR) is 116 cm³/mol. The minimum Gasteiger partial charge on any atom is -0.382 e. The first kappa shape index (κ1) is 20.8. The lowest BCUT2D eigenvalue weighted by molar-refractivity contribution is -0.144. The number of nitrogens with one attached hydrogen (secondary N) is 1. The van der Waals surface area contributed by atoms with Crippen LogP contribution < -0.4 is 5.32 Å². The lowest BCUT2D eigenvalue weighted by Crippen LogP contribution is -2.55. The number of carbonyl (C=O) groups excluding carboxylic acids is 2. The molecule has 7 heteroatoms. The van der Waals surface area contributed by atoms with Gasteiger partial charge in [-0.25, -0.2) is 0 Å². The number of carbonyl (C=O) groups is 2. The standard InChI is InChI=1S/C22H33N3O3S/c1-25(22(27)19-13-17(24-28-19)14-11-12-14)18-9-5-4-8-16(18)23-21(26)15-7-3-6-10-20(15)29-2/h14,16,18-19H,3-13H2,1-2H3,(H,23,26)/t16-,18+,19?/m0/s1. The highest BCUT2D eigenvalue weighted by molar-refractivity contribution is 8.02. The van der Waals surface area contributed by atoms with Crippen LogP contribution in [0.1, 0.15) is 70.6 Å². The maximum Gasteiger partial charge on any atom is 0.266 e. The second kappa shape index (κ2) is 9.11. The fourth-order valence-corrected chi connectivity index (χ4v) is 5.71. The van der Waals surface area contributed by atoms with Crippen LogP contribution in [-0.4, -0.2) is 53.9 Å². The number of nitrogens with zero attached hydrogens (tertiary/aromatic N) is 2. The number of likely N-dealkylation sites (N-methyl/N-ethyl adjacent to an activating group) is 1. The summed E-state index contributed by atoms with van der Waals surface area (Å²) in [7, 11) is 1.86. The van der Waals surface area contributed by atoms with Crippen molar-refractivity contribution in [1.29, 1.82) is 0 Å². The Morgan fingerprint density at radius 1 is 1.10 bits per heavy atom. The topological polar surface area (TPSA) is 71.0 Å². The fraction of sp³-hybridized carbons (Fsp3) is 0.773. The van der Waals surface area contributed by atoms with E-state index in [4.69, 9.17) is 4.84 Å². The third kappa shape index (κ3) is 4.65. The number of rotatable bonds is 6. The lowest BCUT2D eigenvalue weighted by atomic mass is 9.88. The summed E-state index contributed by atoms with van der Waals surface area (Å²) in [4.78, 5) is 34.6. The highest BCUT2D eigenvalue weighted by Gasteiger charge is 2.40. The van der Waals surface area contributed by atoms with E-state index in [1.165, 1.54) is 24.2 Å². The maximum atomic E-state index is 13.1. The quantitative estimate of drug-likeness (QED) is 0.714. The Balaban J connectivity index is 1.39. The largest absolute Gasteiger partial charge is 0.382 e. The molecule has 29 heavy (non-hydrogen) atoms. The molecular weight excluding hydrogens is 386 g/mol. The summed E-state index contributed by atoms with van der Waals surface area (Å²) < 4.78 is 0. The molecule has 0 aromatic heterocycles. The van der Waals surface area contributed by atoms with Gasteiger partial charge in [-0.2, -0.15) is 0 Å². The Kier molecular flexibility index (Phi) is 6.52. The summed E-state index contributed by atoms with van der Waals surface area (Å²) >= 11 is 1.71. The summed E-state index contributed by atoms with van der Waals surface area (Å²) in [6, 6.07) is 0.0312. The van der Waals surface area contributed by atoms with Crippen LogP contribution in [0, 0.1) is 5.92 Å². The Morgan fingerprint density at radius 3 is 2.62 bits per heavy atom. The molecule has 1 aliphatic heterocycles. The summed E-state index contributed by atoms with van der Waals surface area (Å²) in [5.41, 5.74) is 2.02. The van der Waals surface area contributed by atoms with E-state index >= 15 is 0 Å². The van der Waals surface area contributed by atoms with Crippen molar-refractivity contribution in [1.82, 2.24) is 10.2 Å². The first-order chi connectivity index (χ1) is 14.1. The van der Waals surface area contributed by atoms with Gasteiger partial charge in [-0.05, 0) is 62.5 Å². The van der Waals surface area contributed by atoms with Crippen LogP contribution in [-0.2, 0) is 14.4 Å². The van der Waals surface area contributed by atoms with E-state index < -0.39 is 6.10 Å². The SMILES string of the molecule is CSC1=C(C(=O)N[C@H]2CCCC[C@H]2N(C)C(=O)C2CC(C3CC3)=NO2)CCCC1. The van der Waals surface area contributed by atoms with Crippen LogP contribution in [0.3, 0.4) is 0 Å². The average Bonchev–Trinajstić information content (AvgIpc) is 3.49. The Hall–Kier alpha value is -1.50. The second-order valence-electron chi connectivity index (χ2n) is 8.85. The molecule has 0 aromatic carbocycles. The van der Waals surface area contributed by atoms with Gasteiger partial charge < -0.3 is 15.1 Å². The van der Waals surface area contributed by atoms with Gasteiger partial charge in [0.05, 0.1) is 11.8 Å². The minimum atomic E-state index is -0.488. The molecule has 0 aromatic rings. The first-order valence-corrected chi connectivity index (χ1v) is 12.4. The zero-order valence-corrected chi connectivity index (χ0v) is 18.4. The summed E-state index contributed by atoms with van der Waals surface area (Å²) in [5, 5.41) is 7.46. The molecule has 2 amide bonds. The Bertz CT molecular complexity index is 716. The van der Waals surface area contributed by atoms with Crippen LogP contribution in [0.5, 0.6) is 0 Å². The van der Waals surface area contributed by atoms with Crippen molar-refractivity contribution >= 4 is 29.3 Å². The van der Waals surface area contributed by atoms with E-state index in [-0.39, 0.29) is 23.9 Å². The molecule has 3 atom stereocenters. The van der Waals surface area contributed by atoms with Gasteiger partial charge in [-0.1, -0.05) is 18.0 Å². The number of oxime groups is 1. The smallest absolute Gasteiger partial charge is 0.266 e. The van der Waals surface area contributed by atoms with Crippen molar-refractivity contribution in [2.24, 2.45) is 11.1 Å². The molecule has 3 aliphatic carbocycles. The third-order valence-corrected chi connectivity index (χ3v) is 7.79. The number of amides is 2. The van der Waals surface area contributed by atoms with Gasteiger partial charge in [0.15, 0.2) is 0 Å². The molecule has 0 saturated heterocycles. The van der Waals surface area contributed by atoms with Gasteiger partial charge in [-0.3, -0.25) is 9.59 Å². The molecule has 4 rings (SSSR count). The molecule has 0 bridgehead atoms. The Morgan fingerprint density at radius 2 is 1.86 bits per heavy atom. The highest BCUT2D eigenvalue weighted by atomic mass is 32.2. The monoisotopic (exact) mass is 419 g/mol. The molecule has 2 saturated carbocycles. The van der Waals surface area contributed by atoms with E-state index in [0.717, 1.165) is 56.2 Å². The van der Waals surface area contributed by atoms with Crippen LogP contribution in [0.2, 0.25) is 0 Å². The predicted octanol–water partition coefficient (Wildman–Crippen LogP) is 3.62. The third-order valence-electron chi connectivity index (χ3n) is 6.84. The highest BCUT2D eigenvalue weighted by Crippen LogP contribution is 2.36. The van der Waals surface area contributed by atoms with E-state index in [1.807, 2.05) is 11.9 Å². The van der Waals surface area contributed by atoms with Crippen molar-refractivity contribution in [2.75, 3.05) is 13.3 Å². The molecule has 2 fully saturated rings. The second-order valence-corrected chi connectivity index (χ2v) is 9.75. The van der Waals surface area contributed by atoms with Crippen molar-refractivity contribution < 1.29 is 14.4 Å². The molecule has 6 nitrogen and oxygen atoms in total. The molecule has 1 heterocycles. The van der Waals surface area contributed by atoms with E-state index in [0.29, 0.717) is 12.3 Å².